The summed E-state index contributed by atoms with van der Waals surface area (Å²) < 4.78 is -0.557. The molecular weight excluding hydrogens is 237 g/mol. The lowest BCUT2D eigenvalue weighted by molar-refractivity contribution is 0.0544. The van der Waals surface area contributed by atoms with E-state index in [4.69, 9.17) is 11.5 Å². The highest BCUT2D eigenvalue weighted by molar-refractivity contribution is 14.1. The fraction of sp³-hybridized carbons (Fsp3) is 0.250. The number of carboxylic acid groups (broad SMARTS) is 1. The number of amides is 1. The van der Waals surface area contributed by atoms with Crippen LogP contribution in [0.15, 0.2) is 0 Å². The van der Waals surface area contributed by atoms with Crippen LogP contribution in [0.25, 0.3) is 0 Å². The molecule has 1 unspecified atom stereocenters. The maximum Gasteiger partial charge on any atom is 0.428 e. The van der Waals surface area contributed by atoms with Crippen LogP contribution in [0.4, 0.5) is 4.79 Å². The second-order valence-electron chi connectivity index (χ2n) is 1.01. The van der Waals surface area contributed by atoms with Crippen molar-refractivity contribution in [2.45, 2.75) is 4.11 Å². The summed E-state index contributed by atoms with van der Waals surface area (Å²) in [5.41, 5.74) is 1.66. The van der Waals surface area contributed by atoms with Crippen molar-refractivity contribution in [3.8, 4) is 12.3 Å². The van der Waals surface area contributed by atoms with E-state index in [0.717, 1.165) is 0 Å². The van der Waals surface area contributed by atoms with Crippen molar-refractivity contribution >= 4 is 28.7 Å². The Bertz CT molecular complexity index is 141. The molecule has 0 bridgehead atoms. The normalized spacial score (nSPS) is 11.6. The number of halogens is 1. The van der Waals surface area contributed by atoms with Gasteiger partial charge in [0, 0.05) is 0 Å². The SMILES string of the molecule is C#CC(I)ONC(=O)O. The summed E-state index contributed by atoms with van der Waals surface area (Å²) in [5, 5.41) is 7.95. The Kier molecular flexibility index (Phi) is 4.17. The number of hydrogen-bond donors (Lipinski definition) is 2. The van der Waals surface area contributed by atoms with Crippen LogP contribution in [-0.2, 0) is 4.84 Å². The molecule has 0 aliphatic rings. The smallest absolute Gasteiger partial charge is 0.428 e. The van der Waals surface area contributed by atoms with E-state index in [1.165, 1.54) is 0 Å². The molecule has 9 heavy (non-hydrogen) atoms. The highest BCUT2D eigenvalue weighted by Crippen LogP contribution is 1.96. The van der Waals surface area contributed by atoms with E-state index < -0.39 is 10.2 Å². The summed E-state index contributed by atoms with van der Waals surface area (Å²) in [7, 11) is 0. The van der Waals surface area contributed by atoms with E-state index >= 15 is 0 Å². The molecule has 0 aromatic carbocycles. The van der Waals surface area contributed by atoms with E-state index in [1.807, 2.05) is 0 Å². The van der Waals surface area contributed by atoms with Crippen molar-refractivity contribution in [2.24, 2.45) is 0 Å². The number of hydroxylamine groups is 1. The van der Waals surface area contributed by atoms with Gasteiger partial charge in [0.05, 0.1) is 0 Å². The van der Waals surface area contributed by atoms with Crippen LogP contribution in [0.5, 0.6) is 0 Å². The maximum absolute atomic E-state index is 9.71. The first-order chi connectivity index (χ1) is 4.16. The molecule has 50 valence electrons. The minimum Gasteiger partial charge on any atom is -0.464 e. The first-order valence-electron chi connectivity index (χ1n) is 1.91. The molecule has 4 nitrogen and oxygen atoms in total. The Hall–Kier alpha value is -0.480. The Morgan fingerprint density at radius 2 is 2.56 bits per heavy atom. The molecule has 2 N–H and O–H groups in total. The molecular formula is C4H4INO3. The van der Waals surface area contributed by atoms with Gasteiger partial charge in [0.25, 0.3) is 0 Å². The van der Waals surface area contributed by atoms with Crippen LogP contribution in [0.2, 0.25) is 0 Å². The molecule has 0 fully saturated rings. The monoisotopic (exact) mass is 241 g/mol. The zero-order valence-corrected chi connectivity index (χ0v) is 6.45. The van der Waals surface area contributed by atoms with Gasteiger partial charge in [-0.25, -0.2) is 9.63 Å². The van der Waals surface area contributed by atoms with E-state index in [0.29, 0.717) is 0 Å². The van der Waals surface area contributed by atoms with Gasteiger partial charge in [-0.3, -0.25) is 0 Å². The number of nitrogens with one attached hydrogen (secondary N) is 1. The summed E-state index contributed by atoms with van der Waals surface area (Å²) in [6.45, 7) is 0. The summed E-state index contributed by atoms with van der Waals surface area (Å²) in [4.78, 5) is 14.1. The first kappa shape index (κ1) is 8.52. The molecule has 0 aliphatic carbocycles. The second kappa shape index (κ2) is 4.40. The summed E-state index contributed by atoms with van der Waals surface area (Å²) in [6, 6.07) is 0. The molecule has 0 aliphatic heterocycles. The van der Waals surface area contributed by atoms with E-state index in [2.05, 4.69) is 10.8 Å². The van der Waals surface area contributed by atoms with Gasteiger partial charge in [0.1, 0.15) is 0 Å². The Morgan fingerprint density at radius 3 is 2.89 bits per heavy atom. The van der Waals surface area contributed by atoms with Crippen LogP contribution in [0.3, 0.4) is 0 Å². The molecule has 1 atom stereocenters. The largest absolute Gasteiger partial charge is 0.464 e. The third kappa shape index (κ3) is 5.39. The topological polar surface area (TPSA) is 58.6 Å². The van der Waals surface area contributed by atoms with Gasteiger partial charge in [-0.15, -0.1) is 6.42 Å². The van der Waals surface area contributed by atoms with Gasteiger partial charge in [-0.05, 0) is 22.6 Å². The van der Waals surface area contributed by atoms with E-state index in [9.17, 15) is 4.79 Å². The van der Waals surface area contributed by atoms with Crippen LogP contribution in [0, 0.1) is 12.3 Å². The zero-order valence-electron chi connectivity index (χ0n) is 4.30. The van der Waals surface area contributed by atoms with Crippen molar-refractivity contribution in [1.29, 1.82) is 0 Å². The van der Waals surface area contributed by atoms with Crippen LogP contribution in [0.1, 0.15) is 0 Å². The van der Waals surface area contributed by atoms with E-state index in [-0.39, 0.29) is 0 Å². The first-order valence-corrected chi connectivity index (χ1v) is 3.16. The van der Waals surface area contributed by atoms with Gasteiger partial charge in [-0.1, -0.05) is 5.92 Å². The number of carbonyl (C=O) groups is 1. The maximum atomic E-state index is 9.71. The molecule has 0 aromatic rings. The molecule has 0 rings (SSSR count). The van der Waals surface area contributed by atoms with Gasteiger partial charge in [0.2, 0.25) is 0 Å². The zero-order chi connectivity index (χ0) is 7.28. The summed E-state index contributed by atoms with van der Waals surface area (Å²) >= 11 is 1.75. The van der Waals surface area contributed by atoms with Crippen LogP contribution >= 0.6 is 22.6 Å². The second-order valence-corrected chi connectivity index (χ2v) is 2.14. The Balaban J connectivity index is 3.30. The van der Waals surface area contributed by atoms with Crippen molar-refractivity contribution in [1.82, 2.24) is 5.48 Å². The molecule has 0 saturated carbocycles. The van der Waals surface area contributed by atoms with Crippen LogP contribution in [-0.4, -0.2) is 15.3 Å². The van der Waals surface area contributed by atoms with Gasteiger partial charge < -0.3 is 5.11 Å². The van der Waals surface area contributed by atoms with Crippen molar-refractivity contribution in [3.63, 3.8) is 0 Å². The summed E-state index contributed by atoms with van der Waals surface area (Å²) in [6.07, 6.45) is 3.59. The molecule has 0 heterocycles. The average Bonchev–Trinajstić information content (AvgIpc) is 1.83. The lowest BCUT2D eigenvalue weighted by Gasteiger charge is -2.00. The highest BCUT2D eigenvalue weighted by Gasteiger charge is 1.99. The van der Waals surface area contributed by atoms with Crippen molar-refractivity contribution in [3.05, 3.63) is 0 Å². The van der Waals surface area contributed by atoms with Gasteiger partial charge >= 0.3 is 6.09 Å². The van der Waals surface area contributed by atoms with Crippen LogP contribution < -0.4 is 5.48 Å². The minimum absolute atomic E-state index is 0.557. The fourth-order valence-electron chi connectivity index (χ4n) is 0.136. The molecule has 1 amide bonds. The number of alkyl halides is 1. The minimum atomic E-state index is -1.26. The standard InChI is InChI=1S/C4H4INO3/c1-2-3(5)9-6-4(7)8/h1,3,6H,(H,7,8). The third-order valence-corrected chi connectivity index (χ3v) is 0.995. The molecule has 0 aromatic heterocycles. The average molecular weight is 241 g/mol. The summed E-state index contributed by atoms with van der Waals surface area (Å²) in [5.74, 6) is 2.16. The van der Waals surface area contributed by atoms with E-state index in [1.54, 1.807) is 28.1 Å². The van der Waals surface area contributed by atoms with Gasteiger partial charge in [-0.2, -0.15) is 5.48 Å². The van der Waals surface area contributed by atoms with Crippen molar-refractivity contribution < 1.29 is 14.7 Å². The number of rotatable bonds is 2. The lowest BCUT2D eigenvalue weighted by Crippen LogP contribution is -2.24. The fourth-order valence-corrected chi connectivity index (χ4v) is 0.263. The molecule has 0 spiro atoms. The lowest BCUT2D eigenvalue weighted by atomic mass is 10.8. The van der Waals surface area contributed by atoms with Gasteiger partial charge in [0.15, 0.2) is 4.11 Å². The number of hydrogen-bond acceptors (Lipinski definition) is 2. The Morgan fingerprint density at radius 1 is 2.00 bits per heavy atom. The highest BCUT2D eigenvalue weighted by atomic mass is 127. The Labute approximate surface area is 65.7 Å². The predicted molar refractivity (Wildman–Crippen MR) is 38.9 cm³/mol. The molecule has 5 heteroatoms. The third-order valence-electron chi connectivity index (χ3n) is 0.381. The number of terminal acetylenes is 1. The quantitative estimate of drug-likeness (QED) is 0.322. The molecule has 0 radical (unpaired) electrons. The predicted octanol–water partition coefficient (Wildman–Crippen LogP) is 0.580. The van der Waals surface area contributed by atoms with Crippen molar-refractivity contribution in [2.75, 3.05) is 0 Å². The molecule has 0 saturated heterocycles.